The molecular weight excluding hydrogens is 478 g/mol. The Morgan fingerprint density at radius 1 is 0.375 bits per heavy atom. The van der Waals surface area contributed by atoms with Gasteiger partial charge in [0, 0.05) is 0 Å². The summed E-state index contributed by atoms with van der Waals surface area (Å²) in [6.45, 7) is 0. The molecule has 0 aromatic rings. The van der Waals surface area contributed by atoms with Crippen LogP contribution in [0.5, 0.6) is 0 Å². The summed E-state index contributed by atoms with van der Waals surface area (Å²) in [5.41, 5.74) is 0. The molecule has 8 heavy (non-hydrogen) atoms. The molecule has 0 fully saturated rings. The summed E-state index contributed by atoms with van der Waals surface area (Å²) in [6.07, 6.45) is 0. The third-order valence-corrected chi connectivity index (χ3v) is 0. The summed E-state index contributed by atoms with van der Waals surface area (Å²) in [5, 5.41) is 0. The van der Waals surface area contributed by atoms with Crippen molar-refractivity contribution in [3.8, 4) is 0 Å². The van der Waals surface area contributed by atoms with Crippen LogP contribution < -0.4 is 175 Å². The molecule has 32 valence electrons. The van der Waals surface area contributed by atoms with Gasteiger partial charge in [-0.15, -0.1) is 0 Å². The maximum Gasteiger partial charge on any atom is 5.00 e. The maximum absolute atomic E-state index is 0. The first-order valence-electron chi connectivity index (χ1n) is 0. The van der Waals surface area contributed by atoms with Crippen molar-refractivity contribution in [2.45, 2.75) is 0 Å². The van der Waals surface area contributed by atoms with E-state index in [-0.39, 0.29) is 251 Å². The minimum Gasteiger partial charge on any atom is -2.00 e. The van der Waals surface area contributed by atoms with Crippen molar-refractivity contribution < 1.29 is 197 Å². The van der Waals surface area contributed by atoms with Gasteiger partial charge in [-0.2, -0.15) is 0 Å². The van der Waals surface area contributed by atoms with Crippen molar-refractivity contribution in [2.75, 3.05) is 0 Å². The fraction of sp³-hybridized carbons (Fsp3) is 0. The zero-order valence-corrected chi connectivity index (χ0v) is 25.3. The average molecular weight is 478 g/mol. The second-order valence-corrected chi connectivity index (χ2v) is 0. The van der Waals surface area contributed by atoms with Gasteiger partial charge in [0.1, 0.15) is 0 Å². The summed E-state index contributed by atoms with van der Waals surface area (Å²) in [4.78, 5) is 0. The first-order chi connectivity index (χ1) is 0. The smallest absolute Gasteiger partial charge is 2.00 e. The Labute approximate surface area is 242 Å². The number of hydrogen-bond acceptors (Lipinski definition) is 0. The van der Waals surface area contributed by atoms with Crippen LogP contribution in [0.2, 0.25) is 0 Å². The van der Waals surface area contributed by atoms with Crippen LogP contribution >= 0.6 is 0 Å². The maximum atomic E-state index is 0. The van der Waals surface area contributed by atoms with Gasteiger partial charge in [-0.05, 0) is 0 Å². The molecule has 0 amide bonds. The fourth-order valence-electron chi connectivity index (χ4n) is 0. The van der Waals surface area contributed by atoms with E-state index in [2.05, 4.69) is 0 Å². The minimum atomic E-state index is 0. The molecule has 0 bridgehead atoms. The third-order valence-electron chi connectivity index (χ3n) is 0. The number of hydrogen-bond donors (Lipinski definition) is 0. The van der Waals surface area contributed by atoms with Crippen molar-refractivity contribution in [3.05, 3.63) is 0 Å². The van der Waals surface area contributed by atoms with Crippen LogP contribution in [0.4, 0.5) is 0 Å². The summed E-state index contributed by atoms with van der Waals surface area (Å²) in [6, 6.07) is 0. The standard InChI is InChI=1S/Nb.3Rb.4S/q+5;3*+1;4*-2. The molecule has 0 aliphatic carbocycles. The van der Waals surface area contributed by atoms with Gasteiger partial charge in [0.2, 0.25) is 0 Å². The summed E-state index contributed by atoms with van der Waals surface area (Å²) in [5.74, 6) is 0. The van der Waals surface area contributed by atoms with Crippen molar-refractivity contribution in [2.24, 2.45) is 0 Å². The van der Waals surface area contributed by atoms with E-state index < -0.39 is 0 Å². The van der Waals surface area contributed by atoms with Crippen LogP contribution in [0, 0.1) is 0 Å². The summed E-state index contributed by atoms with van der Waals surface area (Å²) >= 11 is 0. The van der Waals surface area contributed by atoms with Crippen LogP contribution in [-0.2, 0) is 76.4 Å². The van der Waals surface area contributed by atoms with Crippen LogP contribution in [0.25, 0.3) is 0 Å². The predicted molar refractivity (Wildman–Crippen MR) is 29.5 cm³/mol. The van der Waals surface area contributed by atoms with E-state index in [4.69, 9.17) is 0 Å². The van der Waals surface area contributed by atoms with E-state index in [0.29, 0.717) is 0 Å². The van der Waals surface area contributed by atoms with Crippen LogP contribution in [0.15, 0.2) is 0 Å². The van der Waals surface area contributed by atoms with Crippen LogP contribution in [-0.4, -0.2) is 0 Å². The molecule has 0 aliphatic heterocycles. The van der Waals surface area contributed by atoms with Gasteiger partial charge in [0.05, 0.1) is 0 Å². The van der Waals surface area contributed by atoms with Crippen molar-refractivity contribution in [1.29, 1.82) is 0 Å². The first-order valence-corrected chi connectivity index (χ1v) is 0. The van der Waals surface area contributed by atoms with E-state index in [9.17, 15) is 0 Å². The Bertz CT molecular complexity index is 11.2. The molecule has 0 aromatic heterocycles. The van der Waals surface area contributed by atoms with Crippen molar-refractivity contribution in [3.63, 3.8) is 0 Å². The van der Waals surface area contributed by atoms with E-state index in [1.165, 1.54) is 0 Å². The van der Waals surface area contributed by atoms with E-state index in [1.807, 2.05) is 0 Å². The molecule has 0 unspecified atom stereocenters. The van der Waals surface area contributed by atoms with E-state index >= 15 is 0 Å². The fourth-order valence-corrected chi connectivity index (χ4v) is 0. The van der Waals surface area contributed by atoms with Crippen LogP contribution in [0.1, 0.15) is 0 Å². The van der Waals surface area contributed by atoms with Gasteiger partial charge in [-0.25, -0.2) is 0 Å². The first kappa shape index (κ1) is 57.7. The molecule has 0 radical (unpaired) electrons. The Hall–Kier alpha value is 7.56. The Balaban J connectivity index is 0. The largest absolute Gasteiger partial charge is 5.00 e. The normalized spacial score (nSPS) is 0. The average Bonchev–Trinajstić information content (AvgIpc) is 0. The molecule has 0 aliphatic rings. The predicted octanol–water partition coefficient (Wildman–Crippen LogP) is -9.00. The molecule has 0 N–H and O–H groups in total. The molecule has 0 saturated heterocycles. The quantitative estimate of drug-likeness (QED) is 0.304. The SMILES string of the molecule is [Nb+5].[Rb+].[Rb+].[Rb+].[S-2].[S-2].[S-2].[S-2]. The monoisotopic (exact) mass is 476 g/mol. The van der Waals surface area contributed by atoms with Gasteiger partial charge in [0.25, 0.3) is 0 Å². The summed E-state index contributed by atoms with van der Waals surface area (Å²) in [7, 11) is 0. The zero-order chi connectivity index (χ0) is 0. The molecule has 8 heteroatoms. The molecule has 0 heterocycles. The second kappa shape index (κ2) is 46.9. The topological polar surface area (TPSA) is 0 Å². The van der Waals surface area contributed by atoms with E-state index in [1.54, 1.807) is 0 Å². The van der Waals surface area contributed by atoms with Gasteiger partial charge < -0.3 is 54.0 Å². The zero-order valence-electron chi connectivity index (χ0n) is 5.08. The molecule has 0 aromatic carbocycles. The molecule has 0 nitrogen and oxygen atoms in total. The van der Waals surface area contributed by atoms with Gasteiger partial charge >= 0.3 is 197 Å². The second-order valence-electron chi connectivity index (χ2n) is 0. The minimum absolute atomic E-state index is 0. The molecule has 0 atom stereocenters. The number of rotatable bonds is 0. The van der Waals surface area contributed by atoms with Gasteiger partial charge in [0.15, 0.2) is 0 Å². The molecule has 0 rings (SSSR count). The molecule has 0 spiro atoms. The van der Waals surface area contributed by atoms with E-state index in [0.717, 1.165) is 0 Å². The van der Waals surface area contributed by atoms with Crippen molar-refractivity contribution in [1.82, 2.24) is 0 Å². The Morgan fingerprint density at radius 3 is 0.375 bits per heavy atom. The molecule has 0 saturated carbocycles. The third kappa shape index (κ3) is 37.4. The molecular formula is NbRb3S4. The van der Waals surface area contributed by atoms with Crippen LogP contribution in [0.3, 0.4) is 0 Å². The van der Waals surface area contributed by atoms with Gasteiger partial charge in [-0.1, -0.05) is 0 Å². The Kier molecular flexibility index (Phi) is 338. The summed E-state index contributed by atoms with van der Waals surface area (Å²) < 4.78 is 0. The Morgan fingerprint density at radius 2 is 0.375 bits per heavy atom. The van der Waals surface area contributed by atoms with Crippen molar-refractivity contribution >= 4 is 54.0 Å². The van der Waals surface area contributed by atoms with Gasteiger partial charge in [-0.3, -0.25) is 0 Å².